The van der Waals surface area contributed by atoms with Crippen LogP contribution in [-0.2, 0) is 24.3 Å². The largest absolute Gasteiger partial charge is 0.455 e. The Labute approximate surface area is 184 Å². The first-order valence-electron chi connectivity index (χ1n) is 10.1. The minimum absolute atomic E-state index is 0.0104. The predicted octanol–water partition coefficient (Wildman–Crippen LogP) is -0.125. The van der Waals surface area contributed by atoms with Crippen molar-refractivity contribution in [3.05, 3.63) is 63.4 Å². The van der Waals surface area contributed by atoms with Gasteiger partial charge in [-0.1, -0.05) is 25.1 Å². The second-order valence-electron chi connectivity index (χ2n) is 7.25. The van der Waals surface area contributed by atoms with Crippen molar-refractivity contribution in [3.8, 4) is 0 Å². The number of hydrogen-bond acceptors (Lipinski definition) is 8. The third-order valence-corrected chi connectivity index (χ3v) is 6.49. The Morgan fingerprint density at radius 1 is 1.25 bits per heavy atom. The van der Waals surface area contributed by atoms with E-state index in [1.165, 1.54) is 18.3 Å². The Kier molecular flexibility index (Phi) is 7.61. The molecule has 11 nitrogen and oxygen atoms in total. The molecule has 3 N–H and O–H groups in total. The number of aliphatic hydroxyl groups is 1. The van der Waals surface area contributed by atoms with E-state index in [0.717, 1.165) is 10.6 Å². The number of H-pyrrole nitrogens is 1. The number of rotatable bonds is 9. The first-order chi connectivity index (χ1) is 15.2. The summed E-state index contributed by atoms with van der Waals surface area (Å²) in [5, 5.41) is 10.5. The summed E-state index contributed by atoms with van der Waals surface area (Å²) in [5.74, 6) is -0.684. The number of nitrogens with zero attached hydrogens (tertiary/aromatic N) is 1. The minimum atomic E-state index is -3.68. The van der Waals surface area contributed by atoms with Crippen LogP contribution in [0.2, 0.25) is 0 Å². The molecule has 12 heteroatoms. The lowest BCUT2D eigenvalue weighted by molar-refractivity contribution is -0.158. The molecule has 0 radical (unpaired) electrons. The van der Waals surface area contributed by atoms with E-state index in [1.807, 2.05) is 0 Å². The second-order valence-corrected chi connectivity index (χ2v) is 9.02. The first-order valence-corrected chi connectivity index (χ1v) is 11.6. The second kappa shape index (κ2) is 10.2. The molecule has 1 aliphatic rings. The van der Waals surface area contributed by atoms with Crippen LogP contribution >= 0.6 is 0 Å². The summed E-state index contributed by atoms with van der Waals surface area (Å²) in [7, 11) is -3.68. The van der Waals surface area contributed by atoms with E-state index >= 15 is 0 Å². The number of nitrogens with one attached hydrogen (secondary N) is 2. The fourth-order valence-electron chi connectivity index (χ4n) is 3.37. The molecule has 1 aliphatic heterocycles. The molecule has 2 heterocycles. The number of sulfonamides is 1. The van der Waals surface area contributed by atoms with Crippen molar-refractivity contribution in [2.45, 2.75) is 55.6 Å². The number of carbonyl (C=O) groups is 1. The third kappa shape index (κ3) is 5.51. The molecule has 0 saturated carbocycles. The van der Waals surface area contributed by atoms with Crippen LogP contribution in [0.5, 0.6) is 0 Å². The summed E-state index contributed by atoms with van der Waals surface area (Å²) in [4.78, 5) is 38.0. The molecule has 0 amide bonds. The summed E-state index contributed by atoms with van der Waals surface area (Å²) >= 11 is 0. The zero-order valence-corrected chi connectivity index (χ0v) is 18.2. The Morgan fingerprint density at radius 2 is 1.97 bits per heavy atom. The van der Waals surface area contributed by atoms with Gasteiger partial charge in [0.1, 0.15) is 6.10 Å². The lowest BCUT2D eigenvalue weighted by atomic mass is 10.1. The Morgan fingerprint density at radius 3 is 2.62 bits per heavy atom. The maximum Gasteiger partial charge on any atom is 0.330 e. The van der Waals surface area contributed by atoms with E-state index in [0.29, 0.717) is 6.42 Å². The lowest BCUT2D eigenvalue weighted by Crippen LogP contribution is -2.40. The van der Waals surface area contributed by atoms with E-state index in [1.54, 1.807) is 25.1 Å². The van der Waals surface area contributed by atoms with E-state index in [9.17, 15) is 27.9 Å². The van der Waals surface area contributed by atoms with Crippen LogP contribution < -0.4 is 16.0 Å². The Hall–Kier alpha value is -2.80. The van der Waals surface area contributed by atoms with Crippen LogP contribution in [0.3, 0.4) is 0 Å². The van der Waals surface area contributed by atoms with Gasteiger partial charge in [-0.15, -0.1) is 0 Å². The normalized spacial score (nSPS) is 23.2. The number of aromatic amines is 1. The molecule has 1 fully saturated rings. The topological polar surface area (TPSA) is 157 Å². The number of aliphatic hydroxyl groups excluding tert-OH is 1. The molecule has 174 valence electrons. The molecule has 1 unspecified atom stereocenters. The quantitative estimate of drug-likeness (QED) is 0.340. The van der Waals surface area contributed by atoms with E-state index in [4.69, 9.17) is 9.47 Å². The van der Waals surface area contributed by atoms with E-state index < -0.39 is 51.8 Å². The highest BCUT2D eigenvalue weighted by molar-refractivity contribution is 7.89. The average Bonchev–Trinajstić information content (AvgIpc) is 3.07. The van der Waals surface area contributed by atoms with Crippen LogP contribution in [0, 0.1) is 0 Å². The predicted molar refractivity (Wildman–Crippen MR) is 112 cm³/mol. The van der Waals surface area contributed by atoms with Gasteiger partial charge >= 0.3 is 11.7 Å². The molecule has 1 aromatic carbocycles. The summed E-state index contributed by atoms with van der Waals surface area (Å²) in [6.45, 7) is 1.78. The molecule has 4 atom stereocenters. The molecule has 3 rings (SSSR count). The summed E-state index contributed by atoms with van der Waals surface area (Å²) < 4.78 is 38.9. The van der Waals surface area contributed by atoms with Crippen LogP contribution in [0.25, 0.3) is 0 Å². The molecule has 0 spiro atoms. The number of benzene rings is 1. The van der Waals surface area contributed by atoms with Crippen molar-refractivity contribution < 1.29 is 27.8 Å². The van der Waals surface area contributed by atoms with Crippen LogP contribution in [0.1, 0.15) is 32.4 Å². The van der Waals surface area contributed by atoms with Crippen LogP contribution in [0.4, 0.5) is 0 Å². The van der Waals surface area contributed by atoms with Crippen molar-refractivity contribution in [2.75, 3.05) is 6.54 Å². The van der Waals surface area contributed by atoms with Crippen molar-refractivity contribution in [3.63, 3.8) is 0 Å². The first kappa shape index (κ1) is 23.9. The van der Waals surface area contributed by atoms with Crippen LogP contribution in [0.15, 0.2) is 57.1 Å². The van der Waals surface area contributed by atoms with Gasteiger partial charge in [0.05, 0.1) is 11.0 Å². The lowest BCUT2D eigenvalue weighted by Gasteiger charge is -2.22. The number of carbonyl (C=O) groups excluding carboxylic acids is 1. The maximum atomic E-state index is 12.3. The monoisotopic (exact) mass is 467 g/mol. The van der Waals surface area contributed by atoms with Gasteiger partial charge < -0.3 is 14.6 Å². The molecule has 32 heavy (non-hydrogen) atoms. The SMILES string of the molecule is CC[C@H]1O[C@@H](n2ccc(=O)[nH]c2=O)[C@@H](OC(=O)CCCNS(=O)(=O)c2ccccc2)C1O. The fourth-order valence-corrected chi connectivity index (χ4v) is 4.46. The van der Waals surface area contributed by atoms with E-state index in [2.05, 4.69) is 9.71 Å². The smallest absolute Gasteiger partial charge is 0.330 e. The molecule has 0 bridgehead atoms. The average molecular weight is 468 g/mol. The molecular weight excluding hydrogens is 442 g/mol. The molecule has 2 aromatic rings. The standard InChI is InChI=1S/C20H25N3O8S/c1-2-14-17(26)18(19(30-14)23-12-10-15(24)22-20(23)27)31-16(25)9-6-11-21-32(28,29)13-7-4-3-5-8-13/h3-5,7-8,10,12,14,17-19,21,26H,2,6,9,11H2,1H3,(H,22,24,27)/t14-,17?,18+,19-/m1/s1. The summed E-state index contributed by atoms with van der Waals surface area (Å²) in [6.07, 6.45) is -2.48. The molecular formula is C20H25N3O8S. The van der Waals surface area contributed by atoms with Gasteiger partial charge in [0.2, 0.25) is 10.0 Å². The fraction of sp³-hybridized carbons (Fsp3) is 0.450. The number of aromatic nitrogens is 2. The van der Waals surface area contributed by atoms with Gasteiger partial charge in [-0.3, -0.25) is 19.1 Å². The van der Waals surface area contributed by atoms with Crippen molar-refractivity contribution >= 4 is 16.0 Å². The Balaban J connectivity index is 1.59. The highest BCUT2D eigenvalue weighted by atomic mass is 32.2. The Bertz CT molecular complexity index is 1150. The number of ether oxygens (including phenoxy) is 2. The van der Waals surface area contributed by atoms with E-state index in [-0.39, 0.29) is 24.3 Å². The molecule has 0 aliphatic carbocycles. The summed E-state index contributed by atoms with van der Waals surface area (Å²) in [6, 6.07) is 8.95. The maximum absolute atomic E-state index is 12.3. The number of hydrogen-bond donors (Lipinski definition) is 3. The zero-order chi connectivity index (χ0) is 23.3. The highest BCUT2D eigenvalue weighted by Crippen LogP contribution is 2.32. The number of esters is 1. The van der Waals surface area contributed by atoms with Crippen molar-refractivity contribution in [2.24, 2.45) is 0 Å². The van der Waals surface area contributed by atoms with Gasteiger partial charge in [0.25, 0.3) is 5.56 Å². The third-order valence-electron chi connectivity index (χ3n) is 5.01. The highest BCUT2D eigenvalue weighted by Gasteiger charge is 2.46. The minimum Gasteiger partial charge on any atom is -0.455 e. The van der Waals surface area contributed by atoms with Crippen LogP contribution in [-0.4, -0.2) is 53.9 Å². The van der Waals surface area contributed by atoms with Gasteiger partial charge in [0, 0.05) is 25.2 Å². The van der Waals surface area contributed by atoms with Gasteiger partial charge in [-0.25, -0.2) is 17.9 Å². The van der Waals surface area contributed by atoms with Crippen molar-refractivity contribution in [1.82, 2.24) is 14.3 Å². The van der Waals surface area contributed by atoms with Gasteiger partial charge in [-0.2, -0.15) is 0 Å². The zero-order valence-electron chi connectivity index (χ0n) is 17.3. The summed E-state index contributed by atoms with van der Waals surface area (Å²) in [5.41, 5.74) is -1.36. The molecule has 1 aromatic heterocycles. The molecule has 1 saturated heterocycles. The van der Waals surface area contributed by atoms with Gasteiger partial charge in [-0.05, 0) is 25.0 Å². The van der Waals surface area contributed by atoms with Gasteiger partial charge in [0.15, 0.2) is 12.3 Å². The van der Waals surface area contributed by atoms with Crippen molar-refractivity contribution in [1.29, 1.82) is 0 Å².